The van der Waals surface area contributed by atoms with Gasteiger partial charge in [-0.2, -0.15) is 23.5 Å². The van der Waals surface area contributed by atoms with Crippen molar-refractivity contribution in [3.05, 3.63) is 65.4 Å². The molecule has 1 N–H and O–H groups in total. The standard InChI is InChI=1S/C32H40F3N7O3S/c1-24-28(13-17-37-46(3,44)45)42(38-31(24)25-9-11-26(12-10-25)32(33,34)35)19-6-18-40-20-14-27(15-21-40)41(23-43)30-8-5-4-7-29(30)39(2)22-16-36/h4-5,7-12,23,27,37H,6,13-15,17-22H2,1-3H3. The van der Waals surface area contributed by atoms with E-state index in [1.165, 1.54) is 12.1 Å². The van der Waals surface area contributed by atoms with E-state index in [2.05, 4.69) is 15.7 Å². The van der Waals surface area contributed by atoms with Crippen LogP contribution in [-0.2, 0) is 34.0 Å². The topological polar surface area (TPSA) is 115 Å². The molecule has 0 spiro atoms. The molecule has 46 heavy (non-hydrogen) atoms. The lowest BCUT2D eigenvalue weighted by Gasteiger charge is -2.38. The number of hydrogen-bond donors (Lipinski definition) is 1. The van der Waals surface area contributed by atoms with Crippen LogP contribution in [0.1, 0.15) is 36.1 Å². The van der Waals surface area contributed by atoms with E-state index in [0.717, 1.165) is 86.3 Å². The maximum atomic E-state index is 13.1. The molecule has 1 fully saturated rings. The van der Waals surface area contributed by atoms with Crippen molar-refractivity contribution < 1.29 is 26.4 Å². The van der Waals surface area contributed by atoms with Gasteiger partial charge < -0.3 is 14.7 Å². The SMILES string of the molecule is Cc1c(-c2ccc(C(F)(F)F)cc2)nn(CCCN2CCC(N(C=O)c3ccccc3N(C)CC#N)CC2)c1CCNS(C)(=O)=O. The summed E-state index contributed by atoms with van der Waals surface area (Å²) in [7, 11) is -1.56. The summed E-state index contributed by atoms with van der Waals surface area (Å²) in [6, 6.07) is 14.7. The highest BCUT2D eigenvalue weighted by molar-refractivity contribution is 7.88. The van der Waals surface area contributed by atoms with Crippen molar-refractivity contribution in [2.24, 2.45) is 0 Å². The lowest BCUT2D eigenvalue weighted by atomic mass is 10.0. The molecule has 3 aromatic rings. The third-order valence-corrected chi connectivity index (χ3v) is 9.05. The third kappa shape index (κ3) is 8.86. The van der Waals surface area contributed by atoms with E-state index in [9.17, 15) is 26.4 Å². The second-order valence-electron chi connectivity index (χ2n) is 11.6. The number of carbonyl (C=O) groups excluding carboxylic acids is 1. The fourth-order valence-corrected chi connectivity index (χ4v) is 6.41. The van der Waals surface area contributed by atoms with Crippen LogP contribution in [0.3, 0.4) is 0 Å². The van der Waals surface area contributed by atoms with E-state index >= 15 is 0 Å². The molecule has 2 aromatic carbocycles. The molecular weight excluding hydrogens is 619 g/mol. The van der Waals surface area contributed by atoms with Gasteiger partial charge in [0.25, 0.3) is 0 Å². The fourth-order valence-electron chi connectivity index (χ4n) is 5.94. The molecule has 1 aliphatic rings. The number of aromatic nitrogens is 2. The minimum atomic E-state index is -4.44. The van der Waals surface area contributed by atoms with Crippen molar-refractivity contribution in [1.29, 1.82) is 5.26 Å². The Labute approximate surface area is 268 Å². The van der Waals surface area contributed by atoms with Gasteiger partial charge in [-0.1, -0.05) is 24.3 Å². The quantitative estimate of drug-likeness (QED) is 0.201. The van der Waals surface area contributed by atoms with Gasteiger partial charge in [-0.05, 0) is 62.6 Å². The average molecular weight is 660 g/mol. The highest BCUT2D eigenvalue weighted by atomic mass is 32.2. The number of aryl methyl sites for hydroxylation is 1. The zero-order chi connectivity index (χ0) is 33.5. The van der Waals surface area contributed by atoms with Gasteiger partial charge in [-0.25, -0.2) is 13.1 Å². The molecule has 1 saturated heterocycles. The number of nitrogens with zero attached hydrogens (tertiary/aromatic N) is 6. The van der Waals surface area contributed by atoms with Crippen molar-refractivity contribution >= 4 is 27.8 Å². The molecule has 10 nitrogen and oxygen atoms in total. The first-order valence-electron chi connectivity index (χ1n) is 15.1. The van der Waals surface area contributed by atoms with Crippen molar-refractivity contribution in [3.63, 3.8) is 0 Å². The van der Waals surface area contributed by atoms with Crippen molar-refractivity contribution in [2.45, 2.75) is 51.4 Å². The molecule has 1 aromatic heterocycles. The molecule has 1 amide bonds. The number of anilines is 2. The number of amides is 1. The summed E-state index contributed by atoms with van der Waals surface area (Å²) in [4.78, 5) is 18.2. The zero-order valence-electron chi connectivity index (χ0n) is 26.3. The number of likely N-dealkylation sites (tertiary alicyclic amines) is 1. The highest BCUT2D eigenvalue weighted by Gasteiger charge is 2.30. The number of carbonyl (C=O) groups is 1. The third-order valence-electron chi connectivity index (χ3n) is 8.32. The van der Waals surface area contributed by atoms with E-state index in [-0.39, 0.29) is 19.1 Å². The van der Waals surface area contributed by atoms with Crippen LogP contribution in [0.15, 0.2) is 48.5 Å². The average Bonchev–Trinajstić information content (AvgIpc) is 3.32. The van der Waals surface area contributed by atoms with Crippen LogP contribution < -0.4 is 14.5 Å². The van der Waals surface area contributed by atoms with Gasteiger partial charge in [-0.15, -0.1) is 0 Å². The van der Waals surface area contributed by atoms with Crippen LogP contribution in [0.25, 0.3) is 11.3 Å². The Morgan fingerprint density at radius 2 is 1.74 bits per heavy atom. The summed E-state index contributed by atoms with van der Waals surface area (Å²) >= 11 is 0. The predicted molar refractivity (Wildman–Crippen MR) is 172 cm³/mol. The van der Waals surface area contributed by atoms with Crippen molar-refractivity contribution in [2.75, 3.05) is 55.8 Å². The molecule has 1 aliphatic heterocycles. The predicted octanol–water partition coefficient (Wildman–Crippen LogP) is 4.45. The maximum Gasteiger partial charge on any atom is 0.416 e. The molecule has 0 saturated carbocycles. The van der Waals surface area contributed by atoms with Gasteiger partial charge in [0.2, 0.25) is 16.4 Å². The molecule has 0 atom stereocenters. The van der Waals surface area contributed by atoms with Crippen LogP contribution in [0.5, 0.6) is 0 Å². The van der Waals surface area contributed by atoms with Crippen molar-refractivity contribution in [3.8, 4) is 17.3 Å². The highest BCUT2D eigenvalue weighted by Crippen LogP contribution is 2.33. The van der Waals surface area contributed by atoms with E-state index in [4.69, 9.17) is 10.4 Å². The van der Waals surface area contributed by atoms with Crippen molar-refractivity contribution in [1.82, 2.24) is 19.4 Å². The maximum absolute atomic E-state index is 13.1. The number of sulfonamides is 1. The first-order chi connectivity index (χ1) is 21.8. The summed E-state index contributed by atoms with van der Waals surface area (Å²) in [6.07, 6.45) is 0.234. The molecule has 14 heteroatoms. The van der Waals surface area contributed by atoms with Crippen LogP contribution >= 0.6 is 0 Å². The lowest BCUT2D eigenvalue weighted by molar-refractivity contribution is -0.137. The number of benzene rings is 2. The summed E-state index contributed by atoms with van der Waals surface area (Å²) in [5.41, 5.74) is 3.62. The molecule has 248 valence electrons. The number of para-hydroxylation sites is 2. The first kappa shape index (κ1) is 34.9. The number of alkyl halides is 3. The Balaban J connectivity index is 1.41. The van der Waals surface area contributed by atoms with Gasteiger partial charge in [-0.3, -0.25) is 9.48 Å². The zero-order valence-corrected chi connectivity index (χ0v) is 27.1. The summed E-state index contributed by atoms with van der Waals surface area (Å²) in [5.74, 6) is 0. The number of nitriles is 1. The van der Waals surface area contributed by atoms with E-state index < -0.39 is 21.8 Å². The number of rotatable bonds is 14. The molecule has 0 aliphatic carbocycles. The molecule has 0 unspecified atom stereocenters. The van der Waals surface area contributed by atoms with Crippen LogP contribution in [-0.4, -0.2) is 81.6 Å². The Hall–Kier alpha value is -3.93. The number of piperidine rings is 1. The van der Waals surface area contributed by atoms with Gasteiger partial charge in [0.05, 0.1) is 35.0 Å². The Kier molecular flexibility index (Phi) is 11.5. The Morgan fingerprint density at radius 3 is 2.33 bits per heavy atom. The second-order valence-corrected chi connectivity index (χ2v) is 13.4. The van der Waals surface area contributed by atoms with E-state index in [0.29, 0.717) is 24.2 Å². The second kappa shape index (κ2) is 15.1. The minimum absolute atomic E-state index is 0.0272. The van der Waals surface area contributed by atoms with Gasteiger partial charge >= 0.3 is 6.18 Å². The molecule has 0 bridgehead atoms. The van der Waals surface area contributed by atoms with Crippen LogP contribution in [0.4, 0.5) is 24.5 Å². The smallest absolute Gasteiger partial charge is 0.360 e. The fraction of sp³-hybridized carbons (Fsp3) is 0.469. The minimum Gasteiger partial charge on any atom is -0.360 e. The largest absolute Gasteiger partial charge is 0.416 e. The first-order valence-corrected chi connectivity index (χ1v) is 17.0. The Morgan fingerprint density at radius 1 is 1.09 bits per heavy atom. The van der Waals surface area contributed by atoms with Gasteiger partial charge in [0, 0.05) is 56.9 Å². The molecule has 4 rings (SSSR count). The molecule has 0 radical (unpaired) electrons. The number of hydrogen-bond acceptors (Lipinski definition) is 7. The molecule has 2 heterocycles. The summed E-state index contributed by atoms with van der Waals surface area (Å²) in [6.45, 7) is 5.16. The molecular formula is C32H40F3N7O3S. The number of halogens is 3. The summed E-state index contributed by atoms with van der Waals surface area (Å²) in [5, 5.41) is 13.9. The van der Waals surface area contributed by atoms with Gasteiger partial charge in [0.1, 0.15) is 6.54 Å². The monoisotopic (exact) mass is 659 g/mol. The Bertz CT molecular complexity index is 1630. The normalized spacial score (nSPS) is 14.6. The lowest BCUT2D eigenvalue weighted by Crippen LogP contribution is -2.45. The van der Waals surface area contributed by atoms with E-state index in [1.807, 2.05) is 47.8 Å². The van der Waals surface area contributed by atoms with Crippen LogP contribution in [0, 0.1) is 18.3 Å². The van der Waals surface area contributed by atoms with Crippen LogP contribution in [0.2, 0.25) is 0 Å². The number of nitrogens with one attached hydrogen (secondary N) is 1. The summed E-state index contributed by atoms with van der Waals surface area (Å²) < 4.78 is 67.0. The van der Waals surface area contributed by atoms with Gasteiger partial charge in [0.15, 0.2) is 0 Å². The van der Waals surface area contributed by atoms with E-state index in [1.54, 1.807) is 4.90 Å².